The molecule has 5 heteroatoms. The van der Waals surface area contributed by atoms with Crippen molar-refractivity contribution >= 4 is 5.91 Å². The van der Waals surface area contributed by atoms with Gasteiger partial charge < -0.3 is 5.32 Å². The summed E-state index contributed by atoms with van der Waals surface area (Å²) < 4.78 is 0. The highest BCUT2D eigenvalue weighted by molar-refractivity contribution is 5.79. The average Bonchev–Trinajstić information content (AvgIpc) is 2.42. The summed E-state index contributed by atoms with van der Waals surface area (Å²) in [4.78, 5) is 21.3. The summed E-state index contributed by atoms with van der Waals surface area (Å²) in [6.45, 7) is 0. The van der Waals surface area contributed by atoms with Crippen molar-refractivity contribution in [1.82, 2.24) is 5.32 Å². The second-order valence-corrected chi connectivity index (χ2v) is 3.89. The van der Waals surface area contributed by atoms with E-state index >= 15 is 0 Å². The van der Waals surface area contributed by atoms with E-state index in [1.807, 2.05) is 0 Å². The summed E-state index contributed by atoms with van der Waals surface area (Å²) in [5, 5.41) is 13.4. The van der Waals surface area contributed by atoms with Crippen LogP contribution in [-0.4, -0.2) is 22.9 Å². The maximum Gasteiger partial charge on any atom is 0.220 e. The van der Waals surface area contributed by atoms with Crippen molar-refractivity contribution in [2.75, 3.05) is 0 Å². The Bertz CT molecular complexity index is 254. The Morgan fingerprint density at radius 2 is 2.23 bits per heavy atom. The molecule has 1 saturated heterocycles. The van der Waals surface area contributed by atoms with Crippen LogP contribution in [0.3, 0.4) is 0 Å². The molecule has 3 atom stereocenters. The van der Waals surface area contributed by atoms with Crippen LogP contribution in [0, 0.1) is 16.0 Å². The van der Waals surface area contributed by atoms with Gasteiger partial charge >= 0.3 is 0 Å². The number of rotatable bonds is 1. The van der Waals surface area contributed by atoms with Gasteiger partial charge in [0, 0.05) is 30.2 Å². The number of hydrogen-bond donors (Lipinski definition) is 1. The second kappa shape index (κ2) is 2.97. The van der Waals surface area contributed by atoms with Crippen molar-refractivity contribution in [3.05, 3.63) is 10.1 Å². The summed E-state index contributed by atoms with van der Waals surface area (Å²) in [7, 11) is 0. The zero-order valence-corrected chi connectivity index (χ0v) is 7.23. The van der Waals surface area contributed by atoms with Crippen molar-refractivity contribution in [2.45, 2.75) is 37.8 Å². The van der Waals surface area contributed by atoms with Gasteiger partial charge in [0.1, 0.15) is 0 Å². The SMILES string of the molecule is O=C1CC2CC([N+](=O)[O-])CCC2N1. The number of nitrogens with zero attached hydrogens (tertiary/aromatic N) is 1. The first kappa shape index (κ1) is 8.47. The molecule has 13 heavy (non-hydrogen) atoms. The van der Waals surface area contributed by atoms with Crippen molar-refractivity contribution in [3.63, 3.8) is 0 Å². The van der Waals surface area contributed by atoms with Gasteiger partial charge in [-0.3, -0.25) is 14.9 Å². The van der Waals surface area contributed by atoms with Crippen molar-refractivity contribution in [3.8, 4) is 0 Å². The van der Waals surface area contributed by atoms with Crippen LogP contribution in [0.25, 0.3) is 0 Å². The summed E-state index contributed by atoms with van der Waals surface area (Å²) in [5.41, 5.74) is 0. The Morgan fingerprint density at radius 3 is 2.92 bits per heavy atom. The molecule has 2 fully saturated rings. The lowest BCUT2D eigenvalue weighted by atomic mass is 9.82. The van der Waals surface area contributed by atoms with Gasteiger partial charge in [0.25, 0.3) is 0 Å². The molecular weight excluding hydrogens is 172 g/mol. The fraction of sp³-hybridized carbons (Fsp3) is 0.875. The van der Waals surface area contributed by atoms with Crippen LogP contribution in [0.5, 0.6) is 0 Å². The Kier molecular flexibility index (Phi) is 1.94. The Morgan fingerprint density at radius 1 is 1.46 bits per heavy atom. The third-order valence-corrected chi connectivity index (χ3v) is 3.05. The molecule has 0 spiro atoms. The third kappa shape index (κ3) is 1.50. The summed E-state index contributed by atoms with van der Waals surface area (Å²) >= 11 is 0. The highest BCUT2D eigenvalue weighted by atomic mass is 16.6. The van der Waals surface area contributed by atoms with E-state index in [1.54, 1.807) is 0 Å². The highest BCUT2D eigenvalue weighted by Gasteiger charge is 2.41. The molecule has 1 heterocycles. The van der Waals surface area contributed by atoms with Crippen LogP contribution in [0.15, 0.2) is 0 Å². The maximum absolute atomic E-state index is 11.0. The molecule has 0 aromatic heterocycles. The van der Waals surface area contributed by atoms with Gasteiger partial charge in [-0.15, -0.1) is 0 Å². The molecule has 1 amide bonds. The predicted octanol–water partition coefficient (Wildman–Crippen LogP) is 0.320. The minimum Gasteiger partial charge on any atom is -0.353 e. The fourth-order valence-corrected chi connectivity index (χ4v) is 2.35. The zero-order chi connectivity index (χ0) is 9.42. The van der Waals surface area contributed by atoms with E-state index in [-0.39, 0.29) is 22.8 Å². The van der Waals surface area contributed by atoms with Crippen molar-refractivity contribution < 1.29 is 9.72 Å². The largest absolute Gasteiger partial charge is 0.353 e. The van der Waals surface area contributed by atoms with Crippen LogP contribution < -0.4 is 5.32 Å². The first-order chi connectivity index (χ1) is 6.16. The number of nitro groups is 1. The predicted molar refractivity (Wildman–Crippen MR) is 44.7 cm³/mol. The van der Waals surface area contributed by atoms with E-state index in [0.29, 0.717) is 19.3 Å². The Hall–Kier alpha value is -1.13. The van der Waals surface area contributed by atoms with E-state index in [4.69, 9.17) is 0 Å². The van der Waals surface area contributed by atoms with Crippen LogP contribution in [-0.2, 0) is 4.79 Å². The molecule has 72 valence electrons. The number of nitrogens with one attached hydrogen (secondary N) is 1. The smallest absolute Gasteiger partial charge is 0.220 e. The lowest BCUT2D eigenvalue weighted by molar-refractivity contribution is -0.528. The normalized spacial score (nSPS) is 38.2. The Balaban J connectivity index is 2.01. The summed E-state index contributed by atoms with van der Waals surface area (Å²) in [5.74, 6) is 0.260. The number of carbonyl (C=O) groups is 1. The molecule has 0 bridgehead atoms. The first-order valence-corrected chi connectivity index (χ1v) is 4.59. The van der Waals surface area contributed by atoms with Crippen molar-refractivity contribution in [1.29, 1.82) is 0 Å². The van der Waals surface area contributed by atoms with Gasteiger partial charge in [-0.1, -0.05) is 0 Å². The van der Waals surface area contributed by atoms with E-state index in [0.717, 1.165) is 6.42 Å². The standard InChI is InChI=1S/C8H12N2O3/c11-8-4-5-3-6(10(12)13)1-2-7(5)9-8/h5-7H,1-4H2,(H,9,11). The molecular formula is C8H12N2O3. The number of fused-ring (bicyclic) bond motifs is 1. The number of carbonyl (C=O) groups excluding carboxylic acids is 1. The second-order valence-electron chi connectivity index (χ2n) is 3.89. The van der Waals surface area contributed by atoms with Crippen LogP contribution in [0.1, 0.15) is 25.7 Å². The van der Waals surface area contributed by atoms with Crippen LogP contribution in [0.4, 0.5) is 0 Å². The van der Waals surface area contributed by atoms with E-state index in [9.17, 15) is 14.9 Å². The van der Waals surface area contributed by atoms with Gasteiger partial charge in [0.2, 0.25) is 11.9 Å². The van der Waals surface area contributed by atoms with E-state index in [1.165, 1.54) is 0 Å². The van der Waals surface area contributed by atoms with Gasteiger partial charge in [-0.05, 0) is 12.3 Å². The van der Waals surface area contributed by atoms with Crippen LogP contribution >= 0.6 is 0 Å². The van der Waals surface area contributed by atoms with E-state index < -0.39 is 6.04 Å². The lowest BCUT2D eigenvalue weighted by Gasteiger charge is -2.25. The zero-order valence-electron chi connectivity index (χ0n) is 7.23. The molecule has 2 rings (SSSR count). The molecule has 0 aromatic carbocycles. The van der Waals surface area contributed by atoms with Gasteiger partial charge in [0.05, 0.1) is 0 Å². The highest BCUT2D eigenvalue weighted by Crippen LogP contribution is 2.32. The molecule has 1 saturated carbocycles. The topological polar surface area (TPSA) is 72.2 Å². The number of hydrogen-bond acceptors (Lipinski definition) is 3. The lowest BCUT2D eigenvalue weighted by Crippen LogP contribution is -2.38. The molecule has 0 radical (unpaired) electrons. The average molecular weight is 184 g/mol. The fourth-order valence-electron chi connectivity index (χ4n) is 2.35. The molecule has 3 unspecified atom stereocenters. The molecule has 0 aromatic rings. The molecule has 1 aliphatic carbocycles. The monoisotopic (exact) mass is 184 g/mol. The summed E-state index contributed by atoms with van der Waals surface area (Å²) in [6, 6.07) is -0.211. The minimum atomic E-state index is -0.422. The third-order valence-electron chi connectivity index (χ3n) is 3.05. The van der Waals surface area contributed by atoms with Gasteiger partial charge in [0.15, 0.2) is 0 Å². The molecule has 1 aliphatic heterocycles. The maximum atomic E-state index is 11.0. The molecule has 1 N–H and O–H groups in total. The molecule has 5 nitrogen and oxygen atoms in total. The quantitative estimate of drug-likeness (QED) is 0.471. The number of amides is 1. The van der Waals surface area contributed by atoms with Crippen molar-refractivity contribution in [2.24, 2.45) is 5.92 Å². The Labute approximate surface area is 75.6 Å². The van der Waals surface area contributed by atoms with E-state index in [2.05, 4.69) is 5.32 Å². The summed E-state index contributed by atoms with van der Waals surface area (Å²) in [6.07, 6.45) is 2.42. The van der Waals surface area contributed by atoms with Gasteiger partial charge in [-0.2, -0.15) is 0 Å². The minimum absolute atomic E-state index is 0.0546. The van der Waals surface area contributed by atoms with Gasteiger partial charge in [-0.25, -0.2) is 0 Å². The molecule has 2 aliphatic rings. The van der Waals surface area contributed by atoms with Crippen LogP contribution in [0.2, 0.25) is 0 Å². The first-order valence-electron chi connectivity index (χ1n) is 4.59.